The van der Waals surface area contributed by atoms with E-state index in [1.54, 1.807) is 32.4 Å². The van der Waals surface area contributed by atoms with Crippen molar-refractivity contribution in [2.75, 3.05) is 53.6 Å². The van der Waals surface area contributed by atoms with Crippen molar-refractivity contribution in [3.63, 3.8) is 0 Å². The fourth-order valence-electron chi connectivity index (χ4n) is 4.22. The number of piperidine rings is 1. The third-order valence-corrected chi connectivity index (χ3v) is 5.67. The number of likely N-dealkylation sites (tertiary alicyclic amines) is 2. The Morgan fingerprint density at radius 1 is 1.12 bits per heavy atom. The fraction of sp³-hybridized carbons (Fsp3) is 0.650. The quantitative estimate of drug-likeness (QED) is 0.837. The molecule has 1 N–H and O–H groups in total. The first kappa shape index (κ1) is 19.0. The first-order valence-electron chi connectivity index (χ1n) is 9.51. The van der Waals surface area contributed by atoms with E-state index in [0.29, 0.717) is 36.1 Å². The van der Waals surface area contributed by atoms with Crippen LogP contribution in [0.1, 0.15) is 29.6 Å². The number of methoxy groups -OCH3 is 2. The molecule has 0 spiro atoms. The second kappa shape index (κ2) is 8.73. The highest BCUT2D eigenvalue weighted by molar-refractivity contribution is 5.98. The monoisotopic (exact) mass is 362 g/mol. The molecule has 0 saturated carbocycles. The van der Waals surface area contributed by atoms with E-state index in [0.717, 1.165) is 19.6 Å². The summed E-state index contributed by atoms with van der Waals surface area (Å²) in [6.45, 7) is 4.62. The molecule has 6 nitrogen and oxygen atoms in total. The normalized spacial score (nSPS) is 23.9. The van der Waals surface area contributed by atoms with Crippen LogP contribution < -0.4 is 9.47 Å². The Balaban J connectivity index is 1.72. The first-order chi connectivity index (χ1) is 12.7. The molecule has 1 amide bonds. The maximum Gasteiger partial charge on any atom is 0.257 e. The summed E-state index contributed by atoms with van der Waals surface area (Å²) >= 11 is 0. The van der Waals surface area contributed by atoms with Crippen molar-refractivity contribution in [3.05, 3.63) is 23.8 Å². The number of benzene rings is 1. The maximum atomic E-state index is 13.1. The summed E-state index contributed by atoms with van der Waals surface area (Å²) in [6.07, 6.45) is 3.81. The average Bonchev–Trinajstić information content (AvgIpc) is 3.10. The van der Waals surface area contributed by atoms with E-state index >= 15 is 0 Å². The zero-order chi connectivity index (χ0) is 18.5. The molecule has 0 aromatic heterocycles. The molecule has 1 aromatic rings. The molecule has 2 atom stereocenters. The van der Waals surface area contributed by atoms with E-state index in [2.05, 4.69) is 4.90 Å². The van der Waals surface area contributed by atoms with Crippen molar-refractivity contribution in [2.45, 2.75) is 19.3 Å². The largest absolute Gasteiger partial charge is 0.493 e. The summed E-state index contributed by atoms with van der Waals surface area (Å²) in [5.41, 5.74) is 0.516. The zero-order valence-electron chi connectivity index (χ0n) is 15.8. The Morgan fingerprint density at radius 2 is 1.85 bits per heavy atom. The molecule has 3 rings (SSSR count). The minimum Gasteiger partial charge on any atom is -0.493 e. The van der Waals surface area contributed by atoms with E-state index in [-0.39, 0.29) is 18.4 Å². The number of carbonyl (C=O) groups is 1. The van der Waals surface area contributed by atoms with Crippen molar-refractivity contribution in [3.8, 4) is 11.5 Å². The lowest BCUT2D eigenvalue weighted by molar-refractivity contribution is 0.0774. The van der Waals surface area contributed by atoms with Gasteiger partial charge < -0.3 is 24.4 Å². The molecule has 0 radical (unpaired) electrons. The Morgan fingerprint density at radius 3 is 2.50 bits per heavy atom. The van der Waals surface area contributed by atoms with E-state index in [9.17, 15) is 9.90 Å². The van der Waals surface area contributed by atoms with Gasteiger partial charge in [-0.15, -0.1) is 0 Å². The van der Waals surface area contributed by atoms with Crippen molar-refractivity contribution < 1.29 is 19.4 Å². The van der Waals surface area contributed by atoms with Crippen LogP contribution in [0.25, 0.3) is 0 Å². The van der Waals surface area contributed by atoms with Gasteiger partial charge in [0, 0.05) is 32.2 Å². The second-order valence-corrected chi connectivity index (χ2v) is 7.32. The number of carbonyl (C=O) groups excluding carboxylic acids is 1. The van der Waals surface area contributed by atoms with Crippen LogP contribution in [-0.4, -0.2) is 74.4 Å². The third kappa shape index (κ3) is 3.96. The van der Waals surface area contributed by atoms with Crippen molar-refractivity contribution in [1.29, 1.82) is 0 Å². The molecule has 26 heavy (non-hydrogen) atoms. The third-order valence-electron chi connectivity index (χ3n) is 5.67. The highest BCUT2D eigenvalue weighted by Crippen LogP contribution is 2.33. The molecule has 2 aliphatic rings. The Kier molecular flexibility index (Phi) is 6.38. The van der Waals surface area contributed by atoms with Gasteiger partial charge >= 0.3 is 0 Å². The van der Waals surface area contributed by atoms with Gasteiger partial charge in [-0.05, 0) is 44.0 Å². The molecule has 2 heterocycles. The van der Waals surface area contributed by atoms with E-state index < -0.39 is 0 Å². The molecule has 6 heteroatoms. The number of ether oxygens (including phenoxy) is 2. The van der Waals surface area contributed by atoms with Crippen LogP contribution in [0.4, 0.5) is 0 Å². The van der Waals surface area contributed by atoms with Crippen LogP contribution in [0.2, 0.25) is 0 Å². The maximum absolute atomic E-state index is 13.1. The number of aliphatic hydroxyl groups is 1. The molecule has 0 bridgehead atoms. The standard InChI is InChI=1S/C20H30N2O4/c1-25-18-8-6-7-17(19(18)26-2)20(24)22-12-15(16(13-22)14-23)11-21-9-4-3-5-10-21/h6-8,15-16,23H,3-5,9-14H2,1-2H3/t15-,16-/m1/s1. The van der Waals surface area contributed by atoms with Gasteiger partial charge in [0.05, 0.1) is 19.8 Å². The van der Waals surface area contributed by atoms with Crippen LogP contribution in [0.15, 0.2) is 18.2 Å². The summed E-state index contributed by atoms with van der Waals surface area (Å²) < 4.78 is 10.7. The molecule has 0 unspecified atom stereocenters. The van der Waals surface area contributed by atoms with E-state index in [4.69, 9.17) is 9.47 Å². The Bertz CT molecular complexity index is 616. The fourth-order valence-corrected chi connectivity index (χ4v) is 4.22. The van der Waals surface area contributed by atoms with Gasteiger partial charge in [-0.1, -0.05) is 12.5 Å². The van der Waals surface area contributed by atoms with Gasteiger partial charge in [-0.3, -0.25) is 4.79 Å². The van der Waals surface area contributed by atoms with Gasteiger partial charge in [-0.25, -0.2) is 0 Å². The lowest BCUT2D eigenvalue weighted by atomic mass is 9.95. The molecule has 2 saturated heterocycles. The summed E-state index contributed by atoms with van der Waals surface area (Å²) in [5, 5.41) is 9.82. The number of hydrogen-bond donors (Lipinski definition) is 1. The summed E-state index contributed by atoms with van der Waals surface area (Å²) in [7, 11) is 3.12. The predicted molar refractivity (Wildman–Crippen MR) is 99.8 cm³/mol. The van der Waals surface area contributed by atoms with Gasteiger partial charge in [0.1, 0.15) is 0 Å². The van der Waals surface area contributed by atoms with Crippen molar-refractivity contribution >= 4 is 5.91 Å². The summed E-state index contributed by atoms with van der Waals surface area (Å²) in [5.74, 6) is 1.43. The van der Waals surface area contributed by atoms with Gasteiger partial charge in [0.25, 0.3) is 5.91 Å². The van der Waals surface area contributed by atoms with Gasteiger partial charge in [-0.2, -0.15) is 0 Å². The van der Waals surface area contributed by atoms with Gasteiger partial charge in [0.15, 0.2) is 11.5 Å². The molecule has 0 aliphatic carbocycles. The zero-order valence-corrected chi connectivity index (χ0v) is 15.8. The predicted octanol–water partition coefficient (Wildman–Crippen LogP) is 1.87. The number of para-hydroxylation sites is 1. The van der Waals surface area contributed by atoms with E-state index in [1.165, 1.54) is 19.3 Å². The average molecular weight is 362 g/mol. The lowest BCUT2D eigenvalue weighted by Gasteiger charge is -2.30. The van der Waals surface area contributed by atoms with Crippen LogP contribution in [-0.2, 0) is 0 Å². The number of nitrogens with zero attached hydrogens (tertiary/aromatic N) is 2. The van der Waals surface area contributed by atoms with Crippen LogP contribution in [0, 0.1) is 11.8 Å². The summed E-state index contributed by atoms with van der Waals surface area (Å²) in [6, 6.07) is 5.37. The molecular formula is C20H30N2O4. The number of rotatable bonds is 6. The minimum absolute atomic E-state index is 0.0552. The SMILES string of the molecule is COc1cccc(C(=O)N2C[C@@H](CN3CCCCC3)[C@@H](CO)C2)c1OC. The smallest absolute Gasteiger partial charge is 0.257 e. The molecule has 2 fully saturated rings. The number of amides is 1. The van der Waals surface area contributed by atoms with Crippen molar-refractivity contribution in [2.24, 2.45) is 11.8 Å². The molecule has 144 valence electrons. The molecular weight excluding hydrogens is 332 g/mol. The Hall–Kier alpha value is -1.79. The lowest BCUT2D eigenvalue weighted by Crippen LogP contribution is -2.37. The number of aliphatic hydroxyl groups excluding tert-OH is 1. The highest BCUT2D eigenvalue weighted by Gasteiger charge is 2.37. The molecule has 1 aromatic carbocycles. The first-order valence-corrected chi connectivity index (χ1v) is 9.51. The molecule has 2 aliphatic heterocycles. The minimum atomic E-state index is -0.0552. The second-order valence-electron chi connectivity index (χ2n) is 7.32. The highest BCUT2D eigenvalue weighted by atomic mass is 16.5. The van der Waals surface area contributed by atoms with Crippen LogP contribution in [0.3, 0.4) is 0 Å². The Labute approximate surface area is 155 Å². The topological polar surface area (TPSA) is 62.2 Å². The van der Waals surface area contributed by atoms with Crippen LogP contribution >= 0.6 is 0 Å². The van der Waals surface area contributed by atoms with E-state index in [1.807, 2.05) is 4.90 Å². The van der Waals surface area contributed by atoms with Crippen molar-refractivity contribution in [1.82, 2.24) is 9.80 Å². The summed E-state index contributed by atoms with van der Waals surface area (Å²) in [4.78, 5) is 17.4. The van der Waals surface area contributed by atoms with Crippen LogP contribution in [0.5, 0.6) is 11.5 Å². The van der Waals surface area contributed by atoms with Gasteiger partial charge in [0.2, 0.25) is 0 Å². The number of hydrogen-bond acceptors (Lipinski definition) is 5.